The lowest BCUT2D eigenvalue weighted by atomic mass is 10.0. The van der Waals surface area contributed by atoms with Crippen molar-refractivity contribution >= 4 is 31.9 Å². The van der Waals surface area contributed by atoms with Gasteiger partial charge in [-0.3, -0.25) is 0 Å². The van der Waals surface area contributed by atoms with Crippen LogP contribution in [0.2, 0.25) is 0 Å². The van der Waals surface area contributed by atoms with Crippen LogP contribution in [-0.2, 0) is 9.47 Å². The Kier molecular flexibility index (Phi) is 6.37. The Morgan fingerprint density at radius 2 is 2.11 bits per heavy atom. The monoisotopic (exact) mass is 390 g/mol. The van der Waals surface area contributed by atoms with Gasteiger partial charge in [-0.1, -0.05) is 50.9 Å². The fourth-order valence-corrected chi connectivity index (χ4v) is 3.08. The van der Waals surface area contributed by atoms with Crippen LogP contribution in [0.3, 0.4) is 0 Å². The van der Waals surface area contributed by atoms with E-state index in [0.29, 0.717) is 4.83 Å². The largest absolute Gasteiger partial charge is 0.371 e. The van der Waals surface area contributed by atoms with Crippen LogP contribution in [-0.4, -0.2) is 29.2 Å². The van der Waals surface area contributed by atoms with Gasteiger partial charge in [-0.05, 0) is 25.3 Å². The lowest BCUT2D eigenvalue weighted by Crippen LogP contribution is -2.34. The molecule has 2 aliphatic heterocycles. The van der Waals surface area contributed by atoms with Crippen molar-refractivity contribution < 1.29 is 9.47 Å². The summed E-state index contributed by atoms with van der Waals surface area (Å²) < 4.78 is 12.3. The highest BCUT2D eigenvalue weighted by molar-refractivity contribution is 9.11. The summed E-state index contributed by atoms with van der Waals surface area (Å²) in [6, 6.07) is 0. The second-order valence-corrected chi connectivity index (χ2v) is 6.61. The summed E-state index contributed by atoms with van der Waals surface area (Å²) in [5.41, 5.74) is 3.04. The van der Waals surface area contributed by atoms with E-state index in [0.717, 1.165) is 25.7 Å². The number of halogens is 2. The van der Waals surface area contributed by atoms with Crippen molar-refractivity contribution in [2.75, 3.05) is 0 Å². The normalized spacial score (nSPS) is 37.4. The quantitative estimate of drug-likeness (QED) is 0.401. The maximum atomic E-state index is 6.29. The third-order valence-electron chi connectivity index (χ3n) is 3.62. The fraction of sp³-hybridized carbons (Fsp3) is 0.667. The molecule has 106 valence electrons. The molecular weight excluding hydrogens is 372 g/mol. The average molecular weight is 392 g/mol. The van der Waals surface area contributed by atoms with Crippen LogP contribution in [0, 0.1) is 0 Å². The van der Waals surface area contributed by atoms with Crippen molar-refractivity contribution in [3.63, 3.8) is 0 Å². The van der Waals surface area contributed by atoms with Gasteiger partial charge in [-0.15, -0.1) is 5.73 Å². The van der Waals surface area contributed by atoms with Crippen molar-refractivity contribution in [1.82, 2.24) is 0 Å². The molecule has 0 unspecified atom stereocenters. The minimum Gasteiger partial charge on any atom is -0.371 e. The Labute approximate surface area is 132 Å². The molecule has 4 heteroatoms. The maximum Gasteiger partial charge on any atom is 0.0880 e. The topological polar surface area (TPSA) is 18.5 Å². The second kappa shape index (κ2) is 7.80. The zero-order chi connectivity index (χ0) is 13.7. The zero-order valence-electron chi connectivity index (χ0n) is 11.1. The zero-order valence-corrected chi connectivity index (χ0v) is 14.3. The highest BCUT2D eigenvalue weighted by Gasteiger charge is 2.37. The lowest BCUT2D eigenvalue weighted by molar-refractivity contribution is -0.0540. The van der Waals surface area contributed by atoms with Crippen molar-refractivity contribution in [1.29, 1.82) is 0 Å². The molecule has 0 aromatic carbocycles. The molecule has 0 spiro atoms. The van der Waals surface area contributed by atoms with Gasteiger partial charge in [0.2, 0.25) is 0 Å². The second-order valence-electron chi connectivity index (χ2n) is 4.97. The molecule has 0 bridgehead atoms. The molecule has 0 saturated carbocycles. The molecule has 0 aliphatic carbocycles. The van der Waals surface area contributed by atoms with E-state index in [1.807, 2.05) is 6.08 Å². The first kappa shape index (κ1) is 15.5. The van der Waals surface area contributed by atoms with Crippen LogP contribution >= 0.6 is 31.9 Å². The summed E-state index contributed by atoms with van der Waals surface area (Å²) >= 11 is 6.95. The molecule has 0 amide bonds. The molecular formula is C15H20Br2O2. The van der Waals surface area contributed by atoms with Gasteiger partial charge in [0.25, 0.3) is 0 Å². The van der Waals surface area contributed by atoms with Gasteiger partial charge in [0, 0.05) is 16.2 Å². The third kappa shape index (κ3) is 4.30. The summed E-state index contributed by atoms with van der Waals surface area (Å²) in [4.78, 5) is 2.14. The Morgan fingerprint density at radius 1 is 1.32 bits per heavy atom. The minimum absolute atomic E-state index is 0.117. The molecule has 0 aromatic heterocycles. The number of hydrogen-bond donors (Lipinski definition) is 0. The average Bonchev–Trinajstić information content (AvgIpc) is 2.77. The van der Waals surface area contributed by atoms with Crippen LogP contribution in [0.4, 0.5) is 0 Å². The summed E-state index contributed by atoms with van der Waals surface area (Å²) in [5, 5.41) is 0. The van der Waals surface area contributed by atoms with E-state index >= 15 is 0 Å². The van der Waals surface area contributed by atoms with Crippen molar-refractivity contribution in [2.24, 2.45) is 0 Å². The highest BCUT2D eigenvalue weighted by Crippen LogP contribution is 2.31. The minimum atomic E-state index is 0.117. The molecule has 0 N–H and O–H groups in total. The van der Waals surface area contributed by atoms with E-state index in [4.69, 9.17) is 9.47 Å². The van der Waals surface area contributed by atoms with Crippen molar-refractivity contribution in [3.8, 4) is 0 Å². The number of alkyl halides is 1. The van der Waals surface area contributed by atoms with Crippen LogP contribution in [0.25, 0.3) is 0 Å². The Balaban J connectivity index is 2.04. The summed E-state index contributed by atoms with van der Waals surface area (Å²) in [6.07, 6.45) is 11.1. The summed E-state index contributed by atoms with van der Waals surface area (Å²) in [6.45, 7) is 2.18. The molecule has 0 aromatic rings. The Hall–Kier alpha value is 0.140. The third-order valence-corrected chi connectivity index (χ3v) is 5.12. The first-order valence-corrected chi connectivity index (χ1v) is 8.69. The van der Waals surface area contributed by atoms with E-state index in [1.54, 1.807) is 4.99 Å². The van der Waals surface area contributed by atoms with Crippen molar-refractivity contribution in [2.45, 2.75) is 61.9 Å². The van der Waals surface area contributed by atoms with Crippen LogP contribution in [0.15, 0.2) is 28.9 Å². The number of ether oxygens (including phenoxy) is 2. The van der Waals surface area contributed by atoms with Crippen LogP contribution in [0.1, 0.15) is 32.6 Å². The standard InChI is InChI=1S/C15H20Br2O2/c1-2-12(17)13-7-3-4-8-14-15(19-13)10-11(18-14)6-5-9-16/h3-4,6,9,11-15H,2,7-8,10H2,1H3/b4-3-/t5?,11-,12+,13-,14-,15-/m0/s1. The van der Waals surface area contributed by atoms with E-state index in [2.05, 4.69) is 56.7 Å². The van der Waals surface area contributed by atoms with Gasteiger partial charge in [0.15, 0.2) is 0 Å². The van der Waals surface area contributed by atoms with Gasteiger partial charge < -0.3 is 9.47 Å². The van der Waals surface area contributed by atoms with Crippen molar-refractivity contribution in [3.05, 3.63) is 28.9 Å². The molecule has 2 rings (SSSR count). The highest BCUT2D eigenvalue weighted by atomic mass is 79.9. The molecule has 2 aliphatic rings. The molecule has 2 nitrogen and oxygen atoms in total. The molecule has 1 saturated heterocycles. The van der Waals surface area contributed by atoms with E-state index in [1.165, 1.54) is 0 Å². The van der Waals surface area contributed by atoms with Crippen LogP contribution in [0.5, 0.6) is 0 Å². The smallest absolute Gasteiger partial charge is 0.0880 e. The fourth-order valence-electron chi connectivity index (χ4n) is 2.59. The molecule has 1 fully saturated rings. The Bertz CT molecular complexity index is 374. The SMILES string of the molecule is CC[C@@H](Br)[C@@H]1C/C=C\C[C@@H]2O[C@@H](C=C=CBr)C[C@@H]2O1. The summed E-state index contributed by atoms with van der Waals surface area (Å²) in [5.74, 6) is 0. The molecule has 19 heavy (non-hydrogen) atoms. The number of fused-ring (bicyclic) bond motifs is 1. The number of rotatable bonds is 3. The van der Waals surface area contributed by atoms with Gasteiger partial charge in [0.1, 0.15) is 0 Å². The first-order chi connectivity index (χ1) is 9.24. The van der Waals surface area contributed by atoms with Gasteiger partial charge in [-0.2, -0.15) is 0 Å². The van der Waals surface area contributed by atoms with E-state index < -0.39 is 0 Å². The first-order valence-electron chi connectivity index (χ1n) is 6.85. The summed E-state index contributed by atoms with van der Waals surface area (Å²) in [7, 11) is 0. The predicted octanol–water partition coefficient (Wildman–Crippen LogP) is 4.48. The predicted molar refractivity (Wildman–Crippen MR) is 84.9 cm³/mol. The van der Waals surface area contributed by atoms with E-state index in [9.17, 15) is 0 Å². The lowest BCUT2D eigenvalue weighted by Gasteiger charge is -2.28. The van der Waals surface area contributed by atoms with Gasteiger partial charge in [-0.25, -0.2) is 0 Å². The maximum absolute atomic E-state index is 6.29. The molecule has 0 radical (unpaired) electrons. The molecule has 5 atom stereocenters. The van der Waals surface area contributed by atoms with E-state index in [-0.39, 0.29) is 24.4 Å². The van der Waals surface area contributed by atoms with Gasteiger partial charge >= 0.3 is 0 Å². The number of hydrogen-bond acceptors (Lipinski definition) is 2. The van der Waals surface area contributed by atoms with Gasteiger partial charge in [0.05, 0.1) is 24.4 Å². The van der Waals surface area contributed by atoms with Crippen LogP contribution < -0.4 is 0 Å². The Morgan fingerprint density at radius 3 is 2.84 bits per heavy atom. The molecule has 2 heterocycles.